The Labute approximate surface area is 107 Å². The Morgan fingerprint density at radius 3 is 2.83 bits per heavy atom. The standard InChI is InChI=1S/C15H17FN2/c1-2-12-6-4-8-18-15(12)14(17)10-11-5-3-7-13(16)9-11/h3-9,14H,2,10,17H2,1H3. The molecule has 1 heterocycles. The molecule has 18 heavy (non-hydrogen) atoms. The Balaban J connectivity index is 2.19. The summed E-state index contributed by atoms with van der Waals surface area (Å²) in [5.74, 6) is -0.226. The Hall–Kier alpha value is -1.74. The molecule has 1 atom stereocenters. The summed E-state index contributed by atoms with van der Waals surface area (Å²) in [5, 5.41) is 0. The molecule has 2 aromatic rings. The zero-order valence-corrected chi connectivity index (χ0v) is 10.4. The molecule has 1 unspecified atom stereocenters. The number of aromatic nitrogens is 1. The second kappa shape index (κ2) is 5.74. The second-order valence-electron chi connectivity index (χ2n) is 4.34. The molecule has 2 rings (SSSR count). The van der Waals surface area contributed by atoms with Gasteiger partial charge in [0.1, 0.15) is 5.82 Å². The first-order chi connectivity index (χ1) is 8.70. The summed E-state index contributed by atoms with van der Waals surface area (Å²) in [6.07, 6.45) is 3.25. The monoisotopic (exact) mass is 244 g/mol. The van der Waals surface area contributed by atoms with Crippen molar-refractivity contribution in [1.29, 1.82) is 0 Å². The van der Waals surface area contributed by atoms with Crippen LogP contribution in [0.25, 0.3) is 0 Å². The summed E-state index contributed by atoms with van der Waals surface area (Å²) >= 11 is 0. The summed E-state index contributed by atoms with van der Waals surface area (Å²) < 4.78 is 13.1. The molecule has 0 radical (unpaired) electrons. The van der Waals surface area contributed by atoms with Crippen molar-refractivity contribution in [2.24, 2.45) is 5.73 Å². The minimum atomic E-state index is -0.226. The van der Waals surface area contributed by atoms with Gasteiger partial charge in [0.25, 0.3) is 0 Å². The van der Waals surface area contributed by atoms with Crippen molar-refractivity contribution in [2.45, 2.75) is 25.8 Å². The largest absolute Gasteiger partial charge is 0.322 e. The quantitative estimate of drug-likeness (QED) is 0.897. The van der Waals surface area contributed by atoms with Crippen molar-refractivity contribution in [3.63, 3.8) is 0 Å². The van der Waals surface area contributed by atoms with Crippen LogP contribution < -0.4 is 5.73 Å². The van der Waals surface area contributed by atoms with Crippen LogP contribution in [0.2, 0.25) is 0 Å². The third-order valence-corrected chi connectivity index (χ3v) is 3.00. The predicted octanol–water partition coefficient (Wildman–Crippen LogP) is 3.03. The summed E-state index contributed by atoms with van der Waals surface area (Å²) in [6, 6.07) is 10.3. The number of hydrogen-bond acceptors (Lipinski definition) is 2. The van der Waals surface area contributed by atoms with Gasteiger partial charge in [-0.1, -0.05) is 25.1 Å². The lowest BCUT2D eigenvalue weighted by molar-refractivity contribution is 0.620. The van der Waals surface area contributed by atoms with Gasteiger partial charge in [0.2, 0.25) is 0 Å². The molecule has 1 aromatic heterocycles. The van der Waals surface area contributed by atoms with Gasteiger partial charge in [-0.15, -0.1) is 0 Å². The first-order valence-electron chi connectivity index (χ1n) is 6.14. The van der Waals surface area contributed by atoms with Crippen LogP contribution in [0.5, 0.6) is 0 Å². The van der Waals surface area contributed by atoms with Gasteiger partial charge in [0.05, 0.1) is 11.7 Å². The number of nitrogens with zero attached hydrogens (tertiary/aromatic N) is 1. The summed E-state index contributed by atoms with van der Waals surface area (Å²) in [7, 11) is 0. The van der Waals surface area contributed by atoms with Crippen LogP contribution >= 0.6 is 0 Å². The molecule has 0 aliphatic carbocycles. The molecule has 94 valence electrons. The van der Waals surface area contributed by atoms with Crippen LogP contribution in [0.4, 0.5) is 4.39 Å². The average molecular weight is 244 g/mol. The molecular formula is C15H17FN2. The van der Waals surface area contributed by atoms with Crippen molar-refractivity contribution in [3.8, 4) is 0 Å². The van der Waals surface area contributed by atoms with Crippen LogP contribution in [0, 0.1) is 5.82 Å². The fourth-order valence-electron chi connectivity index (χ4n) is 2.10. The second-order valence-corrected chi connectivity index (χ2v) is 4.34. The van der Waals surface area contributed by atoms with E-state index in [1.165, 1.54) is 12.1 Å². The average Bonchev–Trinajstić information content (AvgIpc) is 2.38. The van der Waals surface area contributed by atoms with E-state index in [9.17, 15) is 4.39 Å². The van der Waals surface area contributed by atoms with Gasteiger partial charge >= 0.3 is 0 Å². The van der Waals surface area contributed by atoms with Crippen molar-refractivity contribution in [1.82, 2.24) is 4.98 Å². The van der Waals surface area contributed by atoms with Crippen molar-refractivity contribution < 1.29 is 4.39 Å². The maximum atomic E-state index is 13.1. The highest BCUT2D eigenvalue weighted by molar-refractivity contribution is 5.25. The predicted molar refractivity (Wildman–Crippen MR) is 70.6 cm³/mol. The molecular weight excluding hydrogens is 227 g/mol. The molecule has 0 aliphatic rings. The Morgan fingerprint density at radius 1 is 1.28 bits per heavy atom. The van der Waals surface area contributed by atoms with Gasteiger partial charge in [-0.2, -0.15) is 0 Å². The normalized spacial score (nSPS) is 12.4. The lowest BCUT2D eigenvalue weighted by atomic mass is 9.99. The number of aryl methyl sites for hydroxylation is 1. The first-order valence-corrected chi connectivity index (χ1v) is 6.14. The number of nitrogens with two attached hydrogens (primary N) is 1. The molecule has 0 saturated carbocycles. The van der Waals surface area contributed by atoms with Gasteiger partial charge in [0, 0.05) is 6.20 Å². The molecule has 0 spiro atoms. The first kappa shape index (κ1) is 12.7. The van der Waals surface area contributed by atoms with Gasteiger partial charge in [-0.3, -0.25) is 4.98 Å². The topological polar surface area (TPSA) is 38.9 Å². The Kier molecular flexibility index (Phi) is 4.05. The molecule has 0 fully saturated rings. The highest BCUT2D eigenvalue weighted by Gasteiger charge is 2.12. The molecule has 2 nitrogen and oxygen atoms in total. The van der Waals surface area contributed by atoms with E-state index in [-0.39, 0.29) is 11.9 Å². The van der Waals surface area contributed by atoms with Crippen molar-refractivity contribution in [2.75, 3.05) is 0 Å². The highest BCUT2D eigenvalue weighted by atomic mass is 19.1. The molecule has 0 bridgehead atoms. The molecule has 0 aliphatic heterocycles. The van der Waals surface area contributed by atoms with E-state index in [4.69, 9.17) is 5.73 Å². The van der Waals surface area contributed by atoms with Gasteiger partial charge in [-0.25, -0.2) is 4.39 Å². The van der Waals surface area contributed by atoms with E-state index in [1.807, 2.05) is 18.2 Å². The van der Waals surface area contributed by atoms with E-state index < -0.39 is 0 Å². The van der Waals surface area contributed by atoms with E-state index in [2.05, 4.69) is 11.9 Å². The fourth-order valence-corrected chi connectivity index (χ4v) is 2.10. The smallest absolute Gasteiger partial charge is 0.123 e. The van der Waals surface area contributed by atoms with E-state index >= 15 is 0 Å². The van der Waals surface area contributed by atoms with E-state index in [0.717, 1.165) is 23.2 Å². The van der Waals surface area contributed by atoms with Crippen LogP contribution in [0.15, 0.2) is 42.6 Å². The third kappa shape index (κ3) is 2.93. The third-order valence-electron chi connectivity index (χ3n) is 3.00. The van der Waals surface area contributed by atoms with Gasteiger partial charge in [0.15, 0.2) is 0 Å². The number of rotatable bonds is 4. The summed E-state index contributed by atoms with van der Waals surface area (Å²) in [5.41, 5.74) is 9.13. The molecule has 1 aromatic carbocycles. The lowest BCUT2D eigenvalue weighted by Gasteiger charge is -2.14. The molecule has 2 N–H and O–H groups in total. The molecule has 0 saturated heterocycles. The van der Waals surface area contributed by atoms with E-state index in [0.29, 0.717) is 6.42 Å². The van der Waals surface area contributed by atoms with Crippen LogP contribution in [0.3, 0.4) is 0 Å². The number of halogens is 1. The van der Waals surface area contributed by atoms with Crippen LogP contribution in [-0.2, 0) is 12.8 Å². The van der Waals surface area contributed by atoms with Gasteiger partial charge in [-0.05, 0) is 42.2 Å². The van der Waals surface area contributed by atoms with Gasteiger partial charge < -0.3 is 5.73 Å². The fraction of sp³-hybridized carbons (Fsp3) is 0.267. The molecule has 0 amide bonds. The SMILES string of the molecule is CCc1cccnc1C(N)Cc1cccc(F)c1. The maximum absolute atomic E-state index is 13.1. The number of pyridine rings is 1. The van der Waals surface area contributed by atoms with Crippen molar-refractivity contribution in [3.05, 3.63) is 65.2 Å². The molecule has 3 heteroatoms. The number of hydrogen-bond donors (Lipinski definition) is 1. The number of benzene rings is 1. The van der Waals surface area contributed by atoms with E-state index in [1.54, 1.807) is 12.3 Å². The Bertz CT molecular complexity index is 525. The summed E-state index contributed by atoms with van der Waals surface area (Å²) in [6.45, 7) is 2.08. The van der Waals surface area contributed by atoms with Crippen LogP contribution in [0.1, 0.15) is 29.8 Å². The zero-order chi connectivity index (χ0) is 13.0. The summed E-state index contributed by atoms with van der Waals surface area (Å²) in [4.78, 5) is 4.35. The van der Waals surface area contributed by atoms with Crippen LogP contribution in [-0.4, -0.2) is 4.98 Å². The minimum absolute atomic E-state index is 0.192. The zero-order valence-electron chi connectivity index (χ0n) is 10.4. The minimum Gasteiger partial charge on any atom is -0.322 e. The Morgan fingerprint density at radius 2 is 2.11 bits per heavy atom. The lowest BCUT2D eigenvalue weighted by Crippen LogP contribution is -2.17. The maximum Gasteiger partial charge on any atom is 0.123 e. The highest BCUT2D eigenvalue weighted by Crippen LogP contribution is 2.18. The van der Waals surface area contributed by atoms with Crippen molar-refractivity contribution >= 4 is 0 Å².